The van der Waals surface area contributed by atoms with Crippen LogP contribution in [0.3, 0.4) is 0 Å². The summed E-state index contributed by atoms with van der Waals surface area (Å²) in [5, 5.41) is 11.0. The van der Waals surface area contributed by atoms with E-state index in [1.165, 1.54) is 40.1 Å². The number of nitro groups is 1. The molecule has 23 heavy (non-hydrogen) atoms. The van der Waals surface area contributed by atoms with Crippen LogP contribution in [0.15, 0.2) is 42.5 Å². The smallest absolute Gasteiger partial charge is 0.292 e. The van der Waals surface area contributed by atoms with Crippen molar-refractivity contribution >= 4 is 23.1 Å². The minimum atomic E-state index is -0.461. The minimum Gasteiger partial charge on any atom is -0.292 e. The first-order valence-corrected chi connectivity index (χ1v) is 7.07. The van der Waals surface area contributed by atoms with Crippen molar-refractivity contribution in [3.63, 3.8) is 0 Å². The summed E-state index contributed by atoms with van der Waals surface area (Å²) >= 11 is 0. The Morgan fingerprint density at radius 2 is 1.61 bits per heavy atom. The molecule has 2 aromatic carbocycles. The molecular weight excluding hydrogens is 301 g/mol. The summed E-state index contributed by atoms with van der Waals surface area (Å²) < 4.78 is 13.0. The lowest BCUT2D eigenvalue weighted by Crippen LogP contribution is -2.31. The highest BCUT2D eigenvalue weighted by Gasteiger charge is 2.31. The number of aryl methyl sites for hydroxylation is 1. The van der Waals surface area contributed by atoms with Crippen molar-refractivity contribution in [3.8, 4) is 0 Å². The van der Waals surface area contributed by atoms with Crippen molar-refractivity contribution in [2.75, 3.05) is 22.9 Å². The third-order valence-corrected chi connectivity index (χ3v) is 3.85. The molecule has 0 spiro atoms. The number of hydrogen-bond donors (Lipinski definition) is 0. The molecule has 0 bridgehead atoms. The molecule has 3 rings (SSSR count). The molecule has 0 N–H and O–H groups in total. The van der Waals surface area contributed by atoms with Gasteiger partial charge in [0.15, 0.2) is 0 Å². The SMILES string of the molecule is Cc1ccc(N2CCN(c3ccc(F)cc3)C2=O)cc1[N+](=O)[O-]. The zero-order chi connectivity index (χ0) is 16.6. The van der Waals surface area contributed by atoms with Crippen LogP contribution < -0.4 is 9.80 Å². The largest absolute Gasteiger partial charge is 0.329 e. The van der Waals surface area contributed by atoms with Gasteiger partial charge in [-0.25, -0.2) is 9.18 Å². The molecule has 0 unspecified atom stereocenters. The van der Waals surface area contributed by atoms with Gasteiger partial charge < -0.3 is 0 Å². The van der Waals surface area contributed by atoms with Crippen LogP contribution in [0, 0.1) is 22.9 Å². The van der Waals surface area contributed by atoms with E-state index in [4.69, 9.17) is 0 Å². The quantitative estimate of drug-likeness (QED) is 0.643. The monoisotopic (exact) mass is 315 g/mol. The standard InChI is InChI=1S/C16H14FN3O3/c1-11-2-5-14(10-15(11)20(22)23)19-9-8-18(16(19)21)13-6-3-12(17)4-7-13/h2-7,10H,8-9H2,1H3. The molecular formula is C16H14FN3O3. The van der Waals surface area contributed by atoms with E-state index in [2.05, 4.69) is 0 Å². The molecule has 1 aliphatic heterocycles. The Hall–Kier alpha value is -2.96. The summed E-state index contributed by atoms with van der Waals surface area (Å²) in [6.07, 6.45) is 0. The van der Waals surface area contributed by atoms with Crippen LogP contribution >= 0.6 is 0 Å². The van der Waals surface area contributed by atoms with E-state index >= 15 is 0 Å². The Balaban J connectivity index is 1.88. The number of anilines is 2. The third kappa shape index (κ3) is 2.73. The Labute approximate surface area is 131 Å². The fourth-order valence-corrected chi connectivity index (χ4v) is 2.60. The molecule has 1 fully saturated rings. The highest BCUT2D eigenvalue weighted by atomic mass is 19.1. The highest BCUT2D eigenvalue weighted by molar-refractivity contribution is 6.06. The van der Waals surface area contributed by atoms with Crippen LogP contribution in [-0.4, -0.2) is 24.0 Å². The lowest BCUT2D eigenvalue weighted by Gasteiger charge is -2.19. The summed E-state index contributed by atoms with van der Waals surface area (Å²) in [7, 11) is 0. The van der Waals surface area contributed by atoms with Gasteiger partial charge in [-0.05, 0) is 37.3 Å². The second-order valence-corrected chi connectivity index (χ2v) is 5.29. The van der Waals surface area contributed by atoms with Gasteiger partial charge in [0.05, 0.1) is 10.6 Å². The van der Waals surface area contributed by atoms with E-state index in [0.29, 0.717) is 30.0 Å². The number of nitrogens with zero attached hydrogens (tertiary/aromatic N) is 3. The molecule has 0 radical (unpaired) electrons. The van der Waals surface area contributed by atoms with E-state index in [1.54, 1.807) is 19.1 Å². The molecule has 118 valence electrons. The van der Waals surface area contributed by atoms with Gasteiger partial charge in [-0.15, -0.1) is 0 Å². The maximum Gasteiger partial charge on any atom is 0.329 e. The van der Waals surface area contributed by atoms with Crippen molar-refractivity contribution in [2.24, 2.45) is 0 Å². The van der Waals surface area contributed by atoms with Gasteiger partial charge in [0, 0.05) is 30.4 Å². The first-order chi connectivity index (χ1) is 11.0. The molecule has 6 nitrogen and oxygen atoms in total. The molecule has 0 aromatic heterocycles. The van der Waals surface area contributed by atoms with E-state index in [1.807, 2.05) is 0 Å². The first-order valence-electron chi connectivity index (χ1n) is 7.07. The lowest BCUT2D eigenvalue weighted by molar-refractivity contribution is -0.385. The maximum atomic E-state index is 13.0. The van der Waals surface area contributed by atoms with Gasteiger partial charge in [-0.2, -0.15) is 0 Å². The van der Waals surface area contributed by atoms with Crippen LogP contribution in [0.25, 0.3) is 0 Å². The lowest BCUT2D eigenvalue weighted by atomic mass is 10.2. The van der Waals surface area contributed by atoms with Gasteiger partial charge in [0.1, 0.15) is 5.82 Å². The number of amides is 2. The zero-order valence-electron chi connectivity index (χ0n) is 12.4. The van der Waals surface area contributed by atoms with Gasteiger partial charge in [-0.3, -0.25) is 19.9 Å². The Morgan fingerprint density at radius 1 is 1.04 bits per heavy atom. The predicted molar refractivity (Wildman–Crippen MR) is 84.3 cm³/mol. The number of urea groups is 1. The molecule has 1 saturated heterocycles. The van der Waals surface area contributed by atoms with Gasteiger partial charge in [0.25, 0.3) is 5.69 Å². The third-order valence-electron chi connectivity index (χ3n) is 3.85. The molecule has 1 aliphatic rings. The van der Waals surface area contributed by atoms with E-state index in [-0.39, 0.29) is 17.5 Å². The van der Waals surface area contributed by atoms with Gasteiger partial charge in [0.2, 0.25) is 0 Å². The molecule has 2 aromatic rings. The molecule has 0 aliphatic carbocycles. The van der Waals surface area contributed by atoms with Crippen LogP contribution in [0.5, 0.6) is 0 Å². The van der Waals surface area contributed by atoms with Crippen molar-refractivity contribution in [1.82, 2.24) is 0 Å². The molecule has 7 heteroatoms. The fourth-order valence-electron chi connectivity index (χ4n) is 2.60. The Kier molecular flexibility index (Phi) is 3.69. The van der Waals surface area contributed by atoms with E-state index in [9.17, 15) is 19.3 Å². The van der Waals surface area contributed by atoms with Crippen LogP contribution in [0.2, 0.25) is 0 Å². The van der Waals surface area contributed by atoms with Crippen LogP contribution in [-0.2, 0) is 0 Å². The topological polar surface area (TPSA) is 66.7 Å². The highest BCUT2D eigenvalue weighted by Crippen LogP contribution is 2.29. The van der Waals surface area contributed by atoms with Gasteiger partial charge in [-0.1, -0.05) is 6.07 Å². The number of nitro benzene ring substituents is 1. The second-order valence-electron chi connectivity index (χ2n) is 5.29. The summed E-state index contributed by atoms with van der Waals surface area (Å²) in [5.41, 5.74) is 1.61. The second kappa shape index (κ2) is 5.68. The number of carbonyl (C=O) groups is 1. The molecule has 0 atom stereocenters. The van der Waals surface area contributed by atoms with Crippen molar-refractivity contribution in [2.45, 2.75) is 6.92 Å². The molecule has 1 heterocycles. The first kappa shape index (κ1) is 15.0. The zero-order valence-corrected chi connectivity index (χ0v) is 12.4. The maximum absolute atomic E-state index is 13.0. The van der Waals surface area contributed by atoms with Crippen molar-refractivity contribution < 1.29 is 14.1 Å². The van der Waals surface area contributed by atoms with Gasteiger partial charge >= 0.3 is 6.03 Å². The normalized spacial score (nSPS) is 14.4. The number of carbonyl (C=O) groups excluding carboxylic acids is 1. The summed E-state index contributed by atoms with van der Waals surface area (Å²) in [6, 6.07) is 10.1. The minimum absolute atomic E-state index is 0.0180. The predicted octanol–water partition coefficient (Wildman–Crippen LogP) is 3.49. The summed E-state index contributed by atoms with van der Waals surface area (Å²) in [4.78, 5) is 26.1. The van der Waals surface area contributed by atoms with Crippen LogP contribution in [0.4, 0.5) is 26.2 Å². The van der Waals surface area contributed by atoms with Crippen molar-refractivity contribution in [1.29, 1.82) is 0 Å². The number of hydrogen-bond acceptors (Lipinski definition) is 3. The average molecular weight is 315 g/mol. The average Bonchev–Trinajstić information content (AvgIpc) is 2.90. The Bertz CT molecular complexity index is 777. The molecule has 0 saturated carbocycles. The fraction of sp³-hybridized carbons (Fsp3) is 0.188. The number of benzene rings is 2. The number of rotatable bonds is 3. The van der Waals surface area contributed by atoms with E-state index < -0.39 is 4.92 Å². The number of halogens is 1. The van der Waals surface area contributed by atoms with Crippen LogP contribution in [0.1, 0.15) is 5.56 Å². The molecule has 2 amide bonds. The van der Waals surface area contributed by atoms with Crippen molar-refractivity contribution in [3.05, 3.63) is 64.0 Å². The Morgan fingerprint density at radius 3 is 2.22 bits per heavy atom. The van der Waals surface area contributed by atoms with E-state index in [0.717, 1.165) is 0 Å². The summed E-state index contributed by atoms with van der Waals surface area (Å²) in [5.74, 6) is -0.369. The summed E-state index contributed by atoms with van der Waals surface area (Å²) in [6.45, 7) is 2.50.